The molecule has 1 unspecified atom stereocenters. The molecule has 0 spiro atoms. The average molecular weight is 326 g/mol. The van der Waals surface area contributed by atoms with Gasteiger partial charge in [0.05, 0.1) is 0 Å². The molecular weight excluding hydrogens is 294 g/mol. The van der Waals surface area contributed by atoms with Crippen molar-refractivity contribution in [2.45, 2.75) is 59.4 Å². The molecule has 0 radical (unpaired) electrons. The third-order valence-corrected chi connectivity index (χ3v) is 4.28. The Kier molecular flexibility index (Phi) is 12.0. The van der Waals surface area contributed by atoms with Gasteiger partial charge in [-0.15, -0.1) is 0 Å². The molecule has 0 aromatic rings. The number of rotatable bonds is 11. The van der Waals surface area contributed by atoms with Gasteiger partial charge in [-0.3, -0.25) is 4.79 Å². The average Bonchev–Trinajstić information content (AvgIpc) is 2.42. The molecule has 0 amide bonds. The zero-order chi connectivity index (χ0) is 17.0. The summed E-state index contributed by atoms with van der Waals surface area (Å²) in [6.07, 6.45) is 11.2. The lowest BCUT2D eigenvalue weighted by Gasteiger charge is -2.05. The van der Waals surface area contributed by atoms with E-state index in [-0.39, 0.29) is 0 Å². The number of allylic oxidation sites excluding steroid dienone is 5. The van der Waals surface area contributed by atoms with Crippen LogP contribution in [0.1, 0.15) is 53.4 Å². The van der Waals surface area contributed by atoms with Crippen LogP contribution in [0.3, 0.4) is 0 Å². The van der Waals surface area contributed by atoms with Gasteiger partial charge in [-0.25, -0.2) is 0 Å². The SMILES string of the molecule is CC(C)=CCC/C(C)=C/CC/C(C)=C/CSCC(N)C(=O)O. The van der Waals surface area contributed by atoms with E-state index in [1.54, 1.807) is 11.8 Å². The number of aliphatic carboxylic acids is 1. The number of carboxylic acid groups (broad SMARTS) is 1. The van der Waals surface area contributed by atoms with Gasteiger partial charge in [0.25, 0.3) is 0 Å². The zero-order valence-corrected chi connectivity index (χ0v) is 15.2. The molecule has 0 aliphatic carbocycles. The van der Waals surface area contributed by atoms with Crippen LogP contribution < -0.4 is 5.73 Å². The second-order valence-corrected chi connectivity index (χ2v) is 7.02. The van der Waals surface area contributed by atoms with E-state index in [1.165, 1.54) is 16.7 Å². The van der Waals surface area contributed by atoms with Crippen LogP contribution in [-0.4, -0.2) is 28.6 Å². The van der Waals surface area contributed by atoms with E-state index in [2.05, 4.69) is 45.9 Å². The lowest BCUT2D eigenvalue weighted by Crippen LogP contribution is -2.32. The van der Waals surface area contributed by atoms with E-state index in [0.717, 1.165) is 31.4 Å². The molecule has 0 aromatic carbocycles. The predicted molar refractivity (Wildman–Crippen MR) is 98.3 cm³/mol. The monoisotopic (exact) mass is 325 g/mol. The Morgan fingerprint density at radius 1 is 1.05 bits per heavy atom. The van der Waals surface area contributed by atoms with Gasteiger partial charge in [0.1, 0.15) is 6.04 Å². The van der Waals surface area contributed by atoms with E-state index < -0.39 is 12.0 Å². The van der Waals surface area contributed by atoms with Crippen LogP contribution in [0.25, 0.3) is 0 Å². The molecule has 0 saturated heterocycles. The third kappa shape index (κ3) is 12.7. The molecule has 4 heteroatoms. The highest BCUT2D eigenvalue weighted by atomic mass is 32.2. The van der Waals surface area contributed by atoms with Gasteiger partial charge >= 0.3 is 5.97 Å². The van der Waals surface area contributed by atoms with Crippen LogP contribution in [0.2, 0.25) is 0 Å². The first-order valence-electron chi connectivity index (χ1n) is 7.83. The summed E-state index contributed by atoms with van der Waals surface area (Å²) in [6.45, 7) is 8.59. The van der Waals surface area contributed by atoms with Crippen molar-refractivity contribution in [3.05, 3.63) is 34.9 Å². The van der Waals surface area contributed by atoms with Crippen molar-refractivity contribution in [3.63, 3.8) is 0 Å². The summed E-state index contributed by atoms with van der Waals surface area (Å²) in [5.41, 5.74) is 9.64. The molecule has 0 fully saturated rings. The molecule has 3 N–H and O–H groups in total. The summed E-state index contributed by atoms with van der Waals surface area (Å²) < 4.78 is 0. The largest absolute Gasteiger partial charge is 0.480 e. The van der Waals surface area contributed by atoms with Crippen molar-refractivity contribution < 1.29 is 9.90 Å². The van der Waals surface area contributed by atoms with E-state index in [9.17, 15) is 4.79 Å². The van der Waals surface area contributed by atoms with Crippen LogP contribution in [-0.2, 0) is 4.79 Å². The highest BCUT2D eigenvalue weighted by molar-refractivity contribution is 7.99. The van der Waals surface area contributed by atoms with Crippen molar-refractivity contribution >= 4 is 17.7 Å². The smallest absolute Gasteiger partial charge is 0.321 e. The minimum Gasteiger partial charge on any atom is -0.480 e. The van der Waals surface area contributed by atoms with Crippen LogP contribution in [0.15, 0.2) is 34.9 Å². The molecule has 0 aliphatic rings. The Hall–Kier alpha value is -1.00. The maximum atomic E-state index is 10.6. The van der Waals surface area contributed by atoms with Crippen molar-refractivity contribution in [1.29, 1.82) is 0 Å². The van der Waals surface area contributed by atoms with E-state index in [1.807, 2.05) is 0 Å². The van der Waals surface area contributed by atoms with Crippen molar-refractivity contribution in [3.8, 4) is 0 Å². The van der Waals surface area contributed by atoms with Crippen LogP contribution in [0, 0.1) is 0 Å². The van der Waals surface area contributed by atoms with Gasteiger partial charge < -0.3 is 10.8 Å². The number of nitrogens with two attached hydrogens (primary N) is 1. The Morgan fingerprint density at radius 3 is 2.14 bits per heavy atom. The first-order chi connectivity index (χ1) is 10.3. The molecule has 22 heavy (non-hydrogen) atoms. The quantitative estimate of drug-likeness (QED) is 0.432. The molecule has 1 atom stereocenters. The second-order valence-electron chi connectivity index (χ2n) is 5.94. The Bertz CT molecular complexity index is 421. The van der Waals surface area contributed by atoms with Crippen LogP contribution >= 0.6 is 11.8 Å². The van der Waals surface area contributed by atoms with Gasteiger partial charge in [0.2, 0.25) is 0 Å². The highest BCUT2D eigenvalue weighted by Crippen LogP contribution is 2.12. The van der Waals surface area contributed by atoms with Crippen molar-refractivity contribution in [2.24, 2.45) is 5.73 Å². The van der Waals surface area contributed by atoms with Gasteiger partial charge in [-0.1, -0.05) is 34.9 Å². The summed E-state index contributed by atoms with van der Waals surface area (Å²) in [6, 6.07) is -0.759. The third-order valence-electron chi connectivity index (χ3n) is 3.29. The lowest BCUT2D eigenvalue weighted by atomic mass is 10.1. The van der Waals surface area contributed by atoms with E-state index in [4.69, 9.17) is 10.8 Å². The minimum absolute atomic E-state index is 0.461. The molecular formula is C18H31NO2S. The van der Waals surface area contributed by atoms with Gasteiger partial charge in [0, 0.05) is 11.5 Å². The molecule has 0 saturated carbocycles. The van der Waals surface area contributed by atoms with Crippen molar-refractivity contribution in [1.82, 2.24) is 0 Å². The molecule has 126 valence electrons. The standard InChI is InChI=1S/C18H31NO2S/c1-14(2)7-5-8-15(3)9-6-10-16(4)11-12-22-13-17(19)18(20)21/h7,9,11,17H,5-6,8,10,12-13,19H2,1-4H3,(H,20,21)/b15-9+,16-11+. The Labute approximate surface area is 139 Å². The molecule has 0 bridgehead atoms. The topological polar surface area (TPSA) is 63.3 Å². The van der Waals surface area contributed by atoms with Crippen LogP contribution in [0.4, 0.5) is 0 Å². The molecule has 0 aliphatic heterocycles. The fourth-order valence-electron chi connectivity index (χ4n) is 1.81. The first-order valence-corrected chi connectivity index (χ1v) is 8.99. The number of carbonyl (C=O) groups is 1. The molecule has 0 aromatic heterocycles. The van der Waals surface area contributed by atoms with Crippen molar-refractivity contribution in [2.75, 3.05) is 11.5 Å². The summed E-state index contributed by atoms with van der Waals surface area (Å²) in [5, 5.41) is 8.69. The van der Waals surface area contributed by atoms with Gasteiger partial charge in [0.15, 0.2) is 0 Å². The van der Waals surface area contributed by atoms with Gasteiger partial charge in [-0.05, 0) is 53.4 Å². The number of hydrogen-bond acceptors (Lipinski definition) is 3. The second kappa shape index (κ2) is 12.5. The van der Waals surface area contributed by atoms with E-state index >= 15 is 0 Å². The maximum absolute atomic E-state index is 10.6. The summed E-state index contributed by atoms with van der Waals surface area (Å²) in [5.74, 6) is 0.361. The molecule has 0 heterocycles. The summed E-state index contributed by atoms with van der Waals surface area (Å²) >= 11 is 1.57. The summed E-state index contributed by atoms with van der Waals surface area (Å²) in [4.78, 5) is 10.6. The Balaban J connectivity index is 3.87. The molecule has 0 rings (SSSR count). The maximum Gasteiger partial charge on any atom is 0.321 e. The highest BCUT2D eigenvalue weighted by Gasteiger charge is 2.09. The summed E-state index contributed by atoms with van der Waals surface area (Å²) in [7, 11) is 0. The normalized spacial score (nSPS) is 13.9. The molecule has 3 nitrogen and oxygen atoms in total. The Morgan fingerprint density at radius 2 is 1.59 bits per heavy atom. The lowest BCUT2D eigenvalue weighted by molar-refractivity contribution is -0.137. The fourth-order valence-corrected chi connectivity index (χ4v) is 2.74. The van der Waals surface area contributed by atoms with E-state index in [0.29, 0.717) is 5.75 Å². The number of hydrogen-bond donors (Lipinski definition) is 2. The van der Waals surface area contributed by atoms with Crippen LogP contribution in [0.5, 0.6) is 0 Å². The fraction of sp³-hybridized carbons (Fsp3) is 0.611. The minimum atomic E-state index is -0.929. The number of thioether (sulfide) groups is 1. The first kappa shape index (κ1) is 21.0. The van der Waals surface area contributed by atoms with Gasteiger partial charge in [-0.2, -0.15) is 11.8 Å². The predicted octanol–water partition coefficient (Wildman–Crippen LogP) is 4.55. The zero-order valence-electron chi connectivity index (χ0n) is 14.4. The number of carboxylic acids is 1.